The molecule has 0 saturated heterocycles. The standard InChI is InChI=1S/C18H23NO2/c1-13(2)21-17-7-5-6-14(11-17)15-8-9-18(20-4)16(10-15)12-19-3/h5-11,13,19H,12H2,1-4H3. The van der Waals surface area contributed by atoms with Crippen LogP contribution in [-0.4, -0.2) is 20.3 Å². The number of nitrogens with one attached hydrogen (secondary N) is 1. The third-order valence-electron chi connectivity index (χ3n) is 3.19. The second-order valence-electron chi connectivity index (χ2n) is 5.25. The molecule has 3 heteroatoms. The van der Waals surface area contributed by atoms with Crippen molar-refractivity contribution in [1.82, 2.24) is 5.32 Å². The fraction of sp³-hybridized carbons (Fsp3) is 0.333. The van der Waals surface area contributed by atoms with E-state index in [1.54, 1.807) is 7.11 Å². The molecule has 0 aliphatic rings. The molecule has 112 valence electrons. The molecule has 1 N–H and O–H groups in total. The quantitative estimate of drug-likeness (QED) is 0.874. The maximum atomic E-state index is 5.76. The van der Waals surface area contributed by atoms with Crippen LogP contribution in [0.15, 0.2) is 42.5 Å². The molecular formula is C18H23NO2. The Balaban J connectivity index is 2.35. The lowest BCUT2D eigenvalue weighted by Gasteiger charge is -2.13. The van der Waals surface area contributed by atoms with Crippen LogP contribution in [0, 0.1) is 0 Å². The van der Waals surface area contributed by atoms with Crippen LogP contribution in [0.3, 0.4) is 0 Å². The van der Waals surface area contributed by atoms with Gasteiger partial charge in [0.05, 0.1) is 13.2 Å². The van der Waals surface area contributed by atoms with Crippen LogP contribution in [0.4, 0.5) is 0 Å². The zero-order valence-electron chi connectivity index (χ0n) is 13.1. The van der Waals surface area contributed by atoms with Gasteiger partial charge in [0.1, 0.15) is 11.5 Å². The number of rotatable bonds is 6. The Morgan fingerprint density at radius 3 is 2.48 bits per heavy atom. The molecular weight excluding hydrogens is 262 g/mol. The van der Waals surface area contributed by atoms with Crippen molar-refractivity contribution in [3.63, 3.8) is 0 Å². The summed E-state index contributed by atoms with van der Waals surface area (Å²) < 4.78 is 11.2. The molecule has 0 aliphatic heterocycles. The molecule has 2 aromatic carbocycles. The van der Waals surface area contributed by atoms with E-state index in [4.69, 9.17) is 9.47 Å². The van der Waals surface area contributed by atoms with Gasteiger partial charge in [-0.25, -0.2) is 0 Å². The van der Waals surface area contributed by atoms with Gasteiger partial charge in [-0.15, -0.1) is 0 Å². The molecule has 0 aliphatic carbocycles. The molecule has 0 heterocycles. The summed E-state index contributed by atoms with van der Waals surface area (Å²) in [7, 11) is 3.63. The molecule has 3 nitrogen and oxygen atoms in total. The maximum absolute atomic E-state index is 5.76. The molecule has 21 heavy (non-hydrogen) atoms. The topological polar surface area (TPSA) is 30.5 Å². The van der Waals surface area contributed by atoms with Gasteiger partial charge in [0.2, 0.25) is 0 Å². The molecule has 0 spiro atoms. The van der Waals surface area contributed by atoms with Crippen LogP contribution in [0.25, 0.3) is 11.1 Å². The van der Waals surface area contributed by atoms with Crippen LogP contribution < -0.4 is 14.8 Å². The summed E-state index contributed by atoms with van der Waals surface area (Å²) in [5.41, 5.74) is 3.45. The fourth-order valence-electron chi connectivity index (χ4n) is 2.31. The van der Waals surface area contributed by atoms with Crippen molar-refractivity contribution in [1.29, 1.82) is 0 Å². The second-order valence-corrected chi connectivity index (χ2v) is 5.25. The van der Waals surface area contributed by atoms with E-state index >= 15 is 0 Å². The van der Waals surface area contributed by atoms with Crippen LogP contribution in [0.1, 0.15) is 19.4 Å². The summed E-state index contributed by atoms with van der Waals surface area (Å²) in [4.78, 5) is 0. The van der Waals surface area contributed by atoms with Gasteiger partial charge in [-0.05, 0) is 56.3 Å². The Morgan fingerprint density at radius 2 is 1.81 bits per heavy atom. The third kappa shape index (κ3) is 3.99. The van der Waals surface area contributed by atoms with Gasteiger partial charge >= 0.3 is 0 Å². The first-order valence-electron chi connectivity index (χ1n) is 7.22. The van der Waals surface area contributed by atoms with E-state index in [0.29, 0.717) is 0 Å². The summed E-state index contributed by atoms with van der Waals surface area (Å²) in [5.74, 6) is 1.80. The van der Waals surface area contributed by atoms with E-state index in [0.717, 1.165) is 34.7 Å². The lowest BCUT2D eigenvalue weighted by molar-refractivity contribution is 0.242. The molecule has 2 aromatic rings. The zero-order chi connectivity index (χ0) is 15.2. The number of benzene rings is 2. The van der Waals surface area contributed by atoms with Gasteiger partial charge in [0.15, 0.2) is 0 Å². The summed E-state index contributed by atoms with van der Waals surface area (Å²) in [6.07, 6.45) is 0.177. The van der Waals surface area contributed by atoms with Crippen LogP contribution in [0.5, 0.6) is 11.5 Å². The van der Waals surface area contributed by atoms with E-state index in [1.807, 2.05) is 39.1 Å². The number of hydrogen-bond acceptors (Lipinski definition) is 3. The Bertz CT molecular complexity index is 594. The van der Waals surface area contributed by atoms with Crippen molar-refractivity contribution in [2.45, 2.75) is 26.5 Å². The van der Waals surface area contributed by atoms with Gasteiger partial charge in [-0.2, -0.15) is 0 Å². The van der Waals surface area contributed by atoms with Gasteiger partial charge in [-0.3, -0.25) is 0 Å². The lowest BCUT2D eigenvalue weighted by atomic mass is 10.0. The van der Waals surface area contributed by atoms with E-state index in [-0.39, 0.29) is 6.10 Å². The van der Waals surface area contributed by atoms with Crippen molar-refractivity contribution < 1.29 is 9.47 Å². The summed E-state index contributed by atoms with van der Waals surface area (Å²) in [5, 5.41) is 3.17. The Labute approximate surface area is 126 Å². The van der Waals surface area contributed by atoms with Crippen LogP contribution >= 0.6 is 0 Å². The smallest absolute Gasteiger partial charge is 0.123 e. The van der Waals surface area contributed by atoms with Crippen molar-refractivity contribution in [3.05, 3.63) is 48.0 Å². The molecule has 0 unspecified atom stereocenters. The van der Waals surface area contributed by atoms with E-state index < -0.39 is 0 Å². The molecule has 0 fully saturated rings. The minimum atomic E-state index is 0.177. The van der Waals surface area contributed by atoms with Crippen molar-refractivity contribution in [2.75, 3.05) is 14.2 Å². The molecule has 0 aromatic heterocycles. The molecule has 0 bridgehead atoms. The minimum absolute atomic E-state index is 0.177. The minimum Gasteiger partial charge on any atom is -0.496 e. The van der Waals surface area contributed by atoms with Gasteiger partial charge < -0.3 is 14.8 Å². The van der Waals surface area contributed by atoms with Crippen molar-refractivity contribution in [3.8, 4) is 22.6 Å². The predicted molar refractivity (Wildman–Crippen MR) is 87.0 cm³/mol. The third-order valence-corrected chi connectivity index (χ3v) is 3.19. The van der Waals surface area contributed by atoms with Gasteiger partial charge in [-0.1, -0.05) is 18.2 Å². The van der Waals surface area contributed by atoms with Crippen molar-refractivity contribution >= 4 is 0 Å². The van der Waals surface area contributed by atoms with Gasteiger partial charge in [0.25, 0.3) is 0 Å². The molecule has 0 amide bonds. The molecule has 2 rings (SSSR count). The van der Waals surface area contributed by atoms with E-state index in [1.165, 1.54) is 0 Å². The highest BCUT2D eigenvalue weighted by Crippen LogP contribution is 2.29. The van der Waals surface area contributed by atoms with Gasteiger partial charge in [0, 0.05) is 12.1 Å². The first kappa shape index (κ1) is 15.4. The normalized spacial score (nSPS) is 10.7. The summed E-state index contributed by atoms with van der Waals surface area (Å²) in [6.45, 7) is 4.84. The highest BCUT2D eigenvalue weighted by atomic mass is 16.5. The number of methoxy groups -OCH3 is 1. The molecule has 0 radical (unpaired) electrons. The highest BCUT2D eigenvalue weighted by molar-refractivity contribution is 5.67. The largest absolute Gasteiger partial charge is 0.496 e. The van der Waals surface area contributed by atoms with E-state index in [2.05, 4.69) is 29.6 Å². The van der Waals surface area contributed by atoms with Crippen LogP contribution in [0.2, 0.25) is 0 Å². The number of hydrogen-bond donors (Lipinski definition) is 1. The highest BCUT2D eigenvalue weighted by Gasteiger charge is 2.07. The molecule has 0 saturated carbocycles. The van der Waals surface area contributed by atoms with Crippen molar-refractivity contribution in [2.24, 2.45) is 0 Å². The zero-order valence-corrected chi connectivity index (χ0v) is 13.1. The first-order chi connectivity index (χ1) is 10.1. The fourth-order valence-corrected chi connectivity index (χ4v) is 2.31. The SMILES string of the molecule is CNCc1cc(-c2cccc(OC(C)C)c2)ccc1OC. The Kier molecular flexibility index (Phi) is 5.23. The predicted octanol–water partition coefficient (Wildman–Crippen LogP) is 3.87. The summed E-state index contributed by atoms with van der Waals surface area (Å²) in [6, 6.07) is 14.4. The average Bonchev–Trinajstić information content (AvgIpc) is 2.47. The average molecular weight is 285 g/mol. The van der Waals surface area contributed by atoms with E-state index in [9.17, 15) is 0 Å². The Hall–Kier alpha value is -2.00. The Morgan fingerprint density at radius 1 is 1.05 bits per heavy atom. The van der Waals surface area contributed by atoms with Crippen LogP contribution in [-0.2, 0) is 6.54 Å². The maximum Gasteiger partial charge on any atom is 0.123 e. The first-order valence-corrected chi connectivity index (χ1v) is 7.22. The number of ether oxygens (including phenoxy) is 2. The summed E-state index contributed by atoms with van der Waals surface area (Å²) >= 11 is 0. The second kappa shape index (κ2) is 7.14. The lowest BCUT2D eigenvalue weighted by Crippen LogP contribution is -2.07. The monoisotopic (exact) mass is 285 g/mol. The molecule has 0 atom stereocenters.